The Hall–Kier alpha value is -1.46. The minimum Gasteiger partial charge on any atom is -0.287 e. The van der Waals surface area contributed by atoms with Crippen molar-refractivity contribution in [3.05, 3.63) is 35.4 Å². The summed E-state index contributed by atoms with van der Waals surface area (Å²) >= 11 is 0. The van der Waals surface area contributed by atoms with E-state index in [1.807, 2.05) is 0 Å². The summed E-state index contributed by atoms with van der Waals surface area (Å²) in [5.74, 6) is -7.60. The molecule has 0 aliphatic carbocycles. The second kappa shape index (κ2) is 4.58. The molecule has 0 spiro atoms. The van der Waals surface area contributed by atoms with Gasteiger partial charge in [0.2, 0.25) is 5.78 Å². The van der Waals surface area contributed by atoms with Crippen molar-refractivity contribution in [2.24, 2.45) is 0 Å². The summed E-state index contributed by atoms with van der Waals surface area (Å²) < 4.78 is 62.9. The summed E-state index contributed by atoms with van der Waals surface area (Å²) in [6.07, 6.45) is -5.89. The maximum Gasteiger partial charge on any atom is 0.461 e. The fraction of sp³-hybridized carbons (Fsp3) is 0.462. The SMILES string of the molecule is CC(C)(C)c1ccccc1C(=O)C(F)(F)C(F)(F)F. The number of Topliss-reactive ketones (excluding diaryl/α,β-unsaturated/α-hetero) is 1. The fourth-order valence-electron chi connectivity index (χ4n) is 1.63. The highest BCUT2D eigenvalue weighted by Gasteiger charge is 2.63. The van der Waals surface area contributed by atoms with Gasteiger partial charge < -0.3 is 0 Å². The average Bonchev–Trinajstić information content (AvgIpc) is 2.25. The summed E-state index contributed by atoms with van der Waals surface area (Å²) in [6.45, 7) is 4.89. The molecule has 0 aliphatic heterocycles. The van der Waals surface area contributed by atoms with Crippen LogP contribution in [0, 0.1) is 0 Å². The molecule has 19 heavy (non-hydrogen) atoms. The highest BCUT2D eigenvalue weighted by atomic mass is 19.4. The second-order valence-corrected chi connectivity index (χ2v) is 5.20. The van der Waals surface area contributed by atoms with Crippen LogP contribution >= 0.6 is 0 Å². The number of hydrogen-bond donors (Lipinski definition) is 0. The molecule has 1 rings (SSSR count). The number of hydrogen-bond acceptors (Lipinski definition) is 1. The van der Waals surface area contributed by atoms with Crippen LogP contribution in [0.3, 0.4) is 0 Å². The number of carbonyl (C=O) groups excluding carboxylic acids is 1. The third kappa shape index (κ3) is 2.93. The summed E-state index contributed by atoms with van der Waals surface area (Å²) in [4.78, 5) is 11.5. The van der Waals surface area contributed by atoms with E-state index in [-0.39, 0.29) is 5.56 Å². The van der Waals surface area contributed by atoms with Gasteiger partial charge in [-0.25, -0.2) is 0 Å². The molecule has 0 aromatic heterocycles. The van der Waals surface area contributed by atoms with Gasteiger partial charge in [0.15, 0.2) is 0 Å². The minimum atomic E-state index is -5.89. The molecule has 1 nitrogen and oxygen atoms in total. The number of halogens is 5. The molecular weight excluding hydrogens is 267 g/mol. The molecule has 1 aromatic rings. The molecule has 1 aromatic carbocycles. The van der Waals surface area contributed by atoms with Gasteiger partial charge in [-0.3, -0.25) is 4.79 Å². The highest BCUT2D eigenvalue weighted by Crippen LogP contribution is 2.39. The molecule has 0 fully saturated rings. The van der Waals surface area contributed by atoms with Gasteiger partial charge in [-0.1, -0.05) is 45.0 Å². The van der Waals surface area contributed by atoms with Crippen LogP contribution in [0.2, 0.25) is 0 Å². The lowest BCUT2D eigenvalue weighted by Gasteiger charge is -2.25. The zero-order valence-corrected chi connectivity index (χ0v) is 10.6. The van der Waals surface area contributed by atoms with E-state index in [4.69, 9.17) is 0 Å². The van der Waals surface area contributed by atoms with E-state index in [2.05, 4.69) is 0 Å². The van der Waals surface area contributed by atoms with Crippen molar-refractivity contribution >= 4 is 5.78 Å². The van der Waals surface area contributed by atoms with Gasteiger partial charge in [0.05, 0.1) is 0 Å². The first kappa shape index (κ1) is 15.6. The first-order chi connectivity index (χ1) is 8.39. The third-order valence-corrected chi connectivity index (χ3v) is 2.62. The molecule has 6 heteroatoms. The predicted molar refractivity (Wildman–Crippen MR) is 60.5 cm³/mol. The molecule has 0 radical (unpaired) electrons. The lowest BCUT2D eigenvalue weighted by molar-refractivity contribution is -0.255. The van der Waals surface area contributed by atoms with E-state index in [0.29, 0.717) is 0 Å². The molecular formula is C13H13F5O. The van der Waals surface area contributed by atoms with E-state index in [0.717, 1.165) is 6.07 Å². The molecule has 0 N–H and O–H groups in total. The van der Waals surface area contributed by atoms with Crippen molar-refractivity contribution in [2.45, 2.75) is 38.3 Å². The molecule has 0 aliphatic rings. The van der Waals surface area contributed by atoms with Gasteiger partial charge in [-0.2, -0.15) is 22.0 Å². The fourth-order valence-corrected chi connectivity index (χ4v) is 1.63. The van der Waals surface area contributed by atoms with Crippen LogP contribution in [0.15, 0.2) is 24.3 Å². The van der Waals surface area contributed by atoms with Gasteiger partial charge in [0.1, 0.15) is 0 Å². The standard InChI is InChI=1S/C13H13F5O/c1-11(2,3)9-7-5-4-6-8(9)10(19)12(14,15)13(16,17)18/h4-7H,1-3H3. The zero-order chi connectivity index (χ0) is 15.1. The number of ketones is 1. The maximum absolute atomic E-state index is 13.1. The van der Waals surface area contributed by atoms with Gasteiger partial charge in [-0.05, 0) is 11.0 Å². The van der Waals surface area contributed by atoms with Crippen LogP contribution < -0.4 is 0 Å². The summed E-state index contributed by atoms with van der Waals surface area (Å²) in [5.41, 5.74) is -1.16. The van der Waals surface area contributed by atoms with E-state index >= 15 is 0 Å². The largest absolute Gasteiger partial charge is 0.461 e. The summed E-state index contributed by atoms with van der Waals surface area (Å²) in [7, 11) is 0. The van der Waals surface area contributed by atoms with Crippen molar-refractivity contribution < 1.29 is 26.7 Å². The molecule has 0 atom stereocenters. The first-order valence-electron chi connectivity index (χ1n) is 5.48. The molecule has 0 heterocycles. The van der Waals surface area contributed by atoms with E-state index in [1.165, 1.54) is 18.2 Å². The van der Waals surface area contributed by atoms with Crippen LogP contribution in [0.4, 0.5) is 22.0 Å². The van der Waals surface area contributed by atoms with Crippen LogP contribution in [-0.2, 0) is 5.41 Å². The van der Waals surface area contributed by atoms with Crippen molar-refractivity contribution in [2.75, 3.05) is 0 Å². The lowest BCUT2D eigenvalue weighted by atomic mass is 9.82. The molecule has 0 saturated carbocycles. The average molecular weight is 280 g/mol. The molecule has 0 bridgehead atoms. The second-order valence-electron chi connectivity index (χ2n) is 5.20. The third-order valence-electron chi connectivity index (χ3n) is 2.62. The summed E-state index contributed by atoms with van der Waals surface area (Å²) in [5, 5.41) is 0. The Labute approximate surface area is 107 Å². The Balaban J connectivity index is 3.37. The Kier molecular flexibility index (Phi) is 3.76. The number of rotatable bonds is 2. The minimum absolute atomic E-state index is 0.156. The monoisotopic (exact) mass is 280 g/mol. The quantitative estimate of drug-likeness (QED) is 0.581. The maximum atomic E-state index is 13.1. The number of alkyl halides is 5. The lowest BCUT2D eigenvalue weighted by Crippen LogP contribution is -2.44. The topological polar surface area (TPSA) is 17.1 Å². The van der Waals surface area contributed by atoms with Crippen LogP contribution in [0.5, 0.6) is 0 Å². The zero-order valence-electron chi connectivity index (χ0n) is 10.6. The molecule has 0 saturated heterocycles. The smallest absolute Gasteiger partial charge is 0.287 e. The first-order valence-corrected chi connectivity index (χ1v) is 5.48. The van der Waals surface area contributed by atoms with Gasteiger partial charge >= 0.3 is 12.1 Å². The summed E-state index contributed by atoms with van der Waals surface area (Å²) in [6, 6.07) is 5.11. The van der Waals surface area contributed by atoms with Gasteiger partial charge in [0, 0.05) is 5.56 Å². The van der Waals surface area contributed by atoms with Crippen molar-refractivity contribution in [3.8, 4) is 0 Å². The predicted octanol–water partition coefficient (Wildman–Crippen LogP) is 4.36. The van der Waals surface area contributed by atoms with Crippen LogP contribution in [0.1, 0.15) is 36.7 Å². The normalized spacial score (nSPS) is 13.5. The Morgan fingerprint density at radius 3 is 1.84 bits per heavy atom. The van der Waals surface area contributed by atoms with Gasteiger partial charge in [0.25, 0.3) is 0 Å². The number of benzene rings is 1. The Morgan fingerprint density at radius 2 is 1.42 bits per heavy atom. The Morgan fingerprint density at radius 1 is 0.947 bits per heavy atom. The van der Waals surface area contributed by atoms with Crippen LogP contribution in [-0.4, -0.2) is 17.9 Å². The Bertz CT molecular complexity index is 483. The molecule has 0 unspecified atom stereocenters. The van der Waals surface area contributed by atoms with Crippen molar-refractivity contribution in [1.29, 1.82) is 0 Å². The van der Waals surface area contributed by atoms with Crippen molar-refractivity contribution in [1.82, 2.24) is 0 Å². The van der Waals surface area contributed by atoms with Crippen molar-refractivity contribution in [3.63, 3.8) is 0 Å². The molecule has 0 amide bonds. The van der Waals surface area contributed by atoms with Gasteiger partial charge in [-0.15, -0.1) is 0 Å². The number of carbonyl (C=O) groups is 1. The molecule has 106 valence electrons. The highest BCUT2D eigenvalue weighted by molar-refractivity contribution is 6.03. The van der Waals surface area contributed by atoms with E-state index < -0.39 is 28.9 Å². The van der Waals surface area contributed by atoms with E-state index in [1.54, 1.807) is 20.8 Å². The van der Waals surface area contributed by atoms with E-state index in [9.17, 15) is 26.7 Å². The van der Waals surface area contributed by atoms with Crippen LogP contribution in [0.25, 0.3) is 0 Å².